The van der Waals surface area contributed by atoms with Crippen LogP contribution >= 0.6 is 11.8 Å². The minimum absolute atomic E-state index is 0.0377. The standard InChI is InChI=1S/C23H24N2O3S/c1-15(16-5-6-18-14-20(28-4)10-7-17(18)13-16)22(26)24-19-8-11-21(12-9-19)29-23(27)25(2)3/h5-15H,1-4H3,(H,24,26)/t15-/m0/s1. The minimum atomic E-state index is -0.300. The molecule has 3 aromatic rings. The second kappa shape index (κ2) is 9.01. The van der Waals surface area contributed by atoms with E-state index in [-0.39, 0.29) is 17.1 Å². The number of amides is 2. The van der Waals surface area contributed by atoms with Crippen molar-refractivity contribution in [2.45, 2.75) is 17.7 Å². The van der Waals surface area contributed by atoms with Gasteiger partial charge in [-0.05, 0) is 71.4 Å². The third-order valence-corrected chi connectivity index (χ3v) is 5.70. The Hall–Kier alpha value is -2.99. The van der Waals surface area contributed by atoms with Crippen LogP contribution in [0.4, 0.5) is 10.5 Å². The maximum absolute atomic E-state index is 12.7. The van der Waals surface area contributed by atoms with Gasteiger partial charge in [0.1, 0.15) is 5.75 Å². The summed E-state index contributed by atoms with van der Waals surface area (Å²) < 4.78 is 5.26. The van der Waals surface area contributed by atoms with Crippen LogP contribution in [0.25, 0.3) is 10.8 Å². The topological polar surface area (TPSA) is 58.6 Å². The number of nitrogens with one attached hydrogen (secondary N) is 1. The van der Waals surface area contributed by atoms with Gasteiger partial charge in [-0.1, -0.05) is 24.3 Å². The molecule has 0 aliphatic heterocycles. The molecule has 0 radical (unpaired) electrons. The summed E-state index contributed by atoms with van der Waals surface area (Å²) in [6.07, 6.45) is 0. The van der Waals surface area contributed by atoms with Crippen molar-refractivity contribution in [1.82, 2.24) is 4.90 Å². The number of hydrogen-bond acceptors (Lipinski definition) is 4. The first-order valence-corrected chi connectivity index (χ1v) is 10.1. The number of ether oxygens (including phenoxy) is 1. The summed E-state index contributed by atoms with van der Waals surface area (Å²) in [5.41, 5.74) is 1.65. The van der Waals surface area contributed by atoms with Crippen LogP contribution in [0.1, 0.15) is 18.4 Å². The van der Waals surface area contributed by atoms with Crippen LogP contribution in [0, 0.1) is 0 Å². The highest BCUT2D eigenvalue weighted by atomic mass is 32.2. The number of nitrogens with zero attached hydrogens (tertiary/aromatic N) is 1. The van der Waals surface area contributed by atoms with Crippen molar-refractivity contribution >= 4 is 39.4 Å². The van der Waals surface area contributed by atoms with Crippen molar-refractivity contribution in [2.24, 2.45) is 0 Å². The van der Waals surface area contributed by atoms with Crippen molar-refractivity contribution in [3.63, 3.8) is 0 Å². The number of thioether (sulfide) groups is 1. The Kier molecular flexibility index (Phi) is 6.44. The van der Waals surface area contributed by atoms with E-state index in [9.17, 15) is 9.59 Å². The lowest BCUT2D eigenvalue weighted by Crippen LogP contribution is -2.18. The molecule has 0 fully saturated rings. The van der Waals surface area contributed by atoms with Gasteiger partial charge >= 0.3 is 0 Å². The van der Waals surface area contributed by atoms with Gasteiger partial charge in [-0.25, -0.2) is 0 Å². The average molecular weight is 409 g/mol. The highest BCUT2D eigenvalue weighted by molar-refractivity contribution is 8.13. The monoisotopic (exact) mass is 408 g/mol. The molecule has 5 nitrogen and oxygen atoms in total. The molecular formula is C23H24N2O3S. The number of anilines is 1. The Morgan fingerprint density at radius 3 is 2.28 bits per heavy atom. The number of hydrogen-bond donors (Lipinski definition) is 1. The summed E-state index contributed by atoms with van der Waals surface area (Å²) in [7, 11) is 5.08. The Balaban J connectivity index is 1.68. The van der Waals surface area contributed by atoms with E-state index < -0.39 is 0 Å². The molecule has 0 spiro atoms. The van der Waals surface area contributed by atoms with Crippen molar-refractivity contribution in [1.29, 1.82) is 0 Å². The van der Waals surface area contributed by atoms with E-state index in [1.807, 2.05) is 67.6 Å². The van der Waals surface area contributed by atoms with Gasteiger partial charge in [-0.15, -0.1) is 0 Å². The van der Waals surface area contributed by atoms with Crippen LogP contribution in [0.15, 0.2) is 65.6 Å². The first-order chi connectivity index (χ1) is 13.9. The maximum atomic E-state index is 12.7. The highest BCUT2D eigenvalue weighted by Gasteiger charge is 2.16. The molecule has 1 N–H and O–H groups in total. The molecule has 0 bridgehead atoms. The molecule has 3 aromatic carbocycles. The van der Waals surface area contributed by atoms with Crippen LogP contribution in [-0.4, -0.2) is 37.3 Å². The van der Waals surface area contributed by atoms with E-state index in [2.05, 4.69) is 5.32 Å². The first kappa shape index (κ1) is 20.7. The summed E-state index contributed by atoms with van der Waals surface area (Å²) >= 11 is 1.15. The van der Waals surface area contributed by atoms with E-state index in [1.54, 1.807) is 21.2 Å². The van der Waals surface area contributed by atoms with E-state index >= 15 is 0 Å². The van der Waals surface area contributed by atoms with Crippen LogP contribution in [0.2, 0.25) is 0 Å². The Morgan fingerprint density at radius 1 is 0.966 bits per heavy atom. The minimum Gasteiger partial charge on any atom is -0.497 e. The van der Waals surface area contributed by atoms with Gasteiger partial charge < -0.3 is 15.0 Å². The van der Waals surface area contributed by atoms with E-state index in [4.69, 9.17) is 4.74 Å². The zero-order chi connectivity index (χ0) is 21.0. The Morgan fingerprint density at radius 2 is 1.62 bits per heavy atom. The van der Waals surface area contributed by atoms with Gasteiger partial charge in [-0.3, -0.25) is 9.59 Å². The zero-order valence-electron chi connectivity index (χ0n) is 16.9. The van der Waals surface area contributed by atoms with Gasteiger partial charge in [0.15, 0.2) is 0 Å². The zero-order valence-corrected chi connectivity index (χ0v) is 17.7. The first-order valence-electron chi connectivity index (χ1n) is 9.25. The lowest BCUT2D eigenvalue weighted by molar-refractivity contribution is -0.117. The summed E-state index contributed by atoms with van der Waals surface area (Å²) in [5.74, 6) is 0.429. The highest BCUT2D eigenvalue weighted by Crippen LogP contribution is 2.27. The fraction of sp³-hybridized carbons (Fsp3) is 0.217. The van der Waals surface area contributed by atoms with Crippen LogP contribution < -0.4 is 10.1 Å². The number of methoxy groups -OCH3 is 1. The molecule has 0 unspecified atom stereocenters. The SMILES string of the molecule is COc1ccc2cc([C@H](C)C(=O)Nc3ccc(SC(=O)N(C)C)cc3)ccc2c1. The number of fused-ring (bicyclic) bond motifs is 1. The summed E-state index contributed by atoms with van der Waals surface area (Å²) in [6.45, 7) is 1.89. The lowest BCUT2D eigenvalue weighted by Gasteiger charge is -2.14. The van der Waals surface area contributed by atoms with Gasteiger partial charge in [-0.2, -0.15) is 0 Å². The predicted octanol–water partition coefficient (Wildman–Crippen LogP) is 5.36. The van der Waals surface area contributed by atoms with E-state index in [1.165, 1.54) is 4.90 Å². The largest absolute Gasteiger partial charge is 0.497 e. The smallest absolute Gasteiger partial charge is 0.285 e. The Bertz CT molecular complexity index is 1030. The lowest BCUT2D eigenvalue weighted by atomic mass is 9.97. The van der Waals surface area contributed by atoms with Gasteiger partial charge in [0.05, 0.1) is 13.0 Å². The number of carbonyl (C=O) groups is 2. The second-order valence-electron chi connectivity index (χ2n) is 6.97. The number of benzene rings is 3. The van der Waals surface area contributed by atoms with Crippen molar-refractivity contribution in [3.05, 3.63) is 66.2 Å². The molecule has 0 aromatic heterocycles. The number of rotatable bonds is 5. The summed E-state index contributed by atoms with van der Waals surface area (Å²) in [5, 5.41) is 5.04. The van der Waals surface area contributed by atoms with Crippen molar-refractivity contribution < 1.29 is 14.3 Å². The van der Waals surface area contributed by atoms with Crippen LogP contribution in [-0.2, 0) is 4.79 Å². The van der Waals surface area contributed by atoms with Crippen molar-refractivity contribution in [2.75, 3.05) is 26.5 Å². The molecule has 0 saturated carbocycles. The summed E-state index contributed by atoms with van der Waals surface area (Å²) in [6, 6.07) is 19.2. The molecule has 0 heterocycles. The van der Waals surface area contributed by atoms with Gasteiger partial charge in [0.2, 0.25) is 5.91 Å². The maximum Gasteiger partial charge on any atom is 0.285 e. The van der Waals surface area contributed by atoms with Gasteiger partial charge in [0, 0.05) is 24.7 Å². The third kappa shape index (κ3) is 5.09. The number of carbonyl (C=O) groups excluding carboxylic acids is 2. The molecule has 29 heavy (non-hydrogen) atoms. The fourth-order valence-electron chi connectivity index (χ4n) is 2.84. The van der Waals surface area contributed by atoms with Gasteiger partial charge in [0.25, 0.3) is 5.24 Å². The second-order valence-corrected chi connectivity index (χ2v) is 8.00. The summed E-state index contributed by atoms with van der Waals surface area (Å²) in [4.78, 5) is 26.8. The van der Waals surface area contributed by atoms with E-state index in [0.29, 0.717) is 5.69 Å². The van der Waals surface area contributed by atoms with Crippen molar-refractivity contribution in [3.8, 4) is 5.75 Å². The molecular weight excluding hydrogens is 384 g/mol. The average Bonchev–Trinajstić information content (AvgIpc) is 2.73. The fourth-order valence-corrected chi connectivity index (χ4v) is 3.50. The molecule has 0 aliphatic carbocycles. The predicted molar refractivity (Wildman–Crippen MR) is 119 cm³/mol. The molecule has 2 amide bonds. The quantitative estimate of drug-likeness (QED) is 0.577. The molecule has 150 valence electrons. The molecule has 1 atom stereocenters. The van der Waals surface area contributed by atoms with E-state index in [0.717, 1.165) is 38.7 Å². The Labute approximate surface area is 175 Å². The van der Waals surface area contributed by atoms with Crippen LogP contribution in [0.5, 0.6) is 5.75 Å². The molecule has 6 heteroatoms. The molecule has 0 saturated heterocycles. The third-order valence-electron chi connectivity index (χ3n) is 4.66. The van der Waals surface area contributed by atoms with Crippen LogP contribution in [0.3, 0.4) is 0 Å². The normalized spacial score (nSPS) is 11.7. The molecule has 0 aliphatic rings. The molecule has 3 rings (SSSR count).